The number of aryl methyl sites for hydroxylation is 3. The first-order chi connectivity index (χ1) is 12.6. The first kappa shape index (κ1) is 15.1. The molecule has 0 radical (unpaired) electrons. The number of hydrogen-bond donors (Lipinski definition) is 0. The van der Waals surface area contributed by atoms with Crippen LogP contribution in [0.2, 0.25) is 0 Å². The van der Waals surface area contributed by atoms with E-state index in [4.69, 9.17) is 4.42 Å². The van der Waals surface area contributed by atoms with Crippen molar-refractivity contribution in [1.29, 1.82) is 0 Å². The lowest BCUT2D eigenvalue weighted by atomic mass is 9.99. The fourth-order valence-electron chi connectivity index (χ4n) is 3.81. The van der Waals surface area contributed by atoms with Gasteiger partial charge in [0, 0.05) is 21.7 Å². The lowest BCUT2D eigenvalue weighted by molar-refractivity contribution is 0.669. The minimum Gasteiger partial charge on any atom is -0.455 e. The van der Waals surface area contributed by atoms with E-state index in [0.717, 1.165) is 38.7 Å². The zero-order valence-corrected chi connectivity index (χ0v) is 15.0. The molecule has 2 heterocycles. The number of furan rings is 1. The summed E-state index contributed by atoms with van der Waals surface area (Å²) < 4.78 is 6.29. The minimum atomic E-state index is 0.889. The van der Waals surface area contributed by atoms with Crippen molar-refractivity contribution in [3.63, 3.8) is 0 Å². The van der Waals surface area contributed by atoms with Gasteiger partial charge in [-0.3, -0.25) is 0 Å². The highest BCUT2D eigenvalue weighted by atomic mass is 16.3. The van der Waals surface area contributed by atoms with Crippen LogP contribution in [0, 0.1) is 20.8 Å². The second-order valence-electron chi connectivity index (χ2n) is 6.98. The molecule has 3 heteroatoms. The van der Waals surface area contributed by atoms with Crippen molar-refractivity contribution in [1.82, 2.24) is 9.97 Å². The van der Waals surface area contributed by atoms with E-state index in [2.05, 4.69) is 67.1 Å². The predicted octanol–water partition coefficient (Wildman–Crippen LogP) is 6.12. The molecule has 3 aromatic carbocycles. The fourth-order valence-corrected chi connectivity index (χ4v) is 3.81. The molecule has 0 saturated carbocycles. The molecule has 0 fully saturated rings. The van der Waals surface area contributed by atoms with Gasteiger partial charge in [0.2, 0.25) is 0 Å². The van der Waals surface area contributed by atoms with Crippen LogP contribution in [0.3, 0.4) is 0 Å². The highest BCUT2D eigenvalue weighted by molar-refractivity contribution is 6.12. The standard InChI is InChI=1S/C23H18N2O/c1-13-7-8-16-19(11-13)24-12-25-22(16)18-10-14(2)9-17-21-15(3)5-4-6-20(21)26-23(17)18/h4-12H,1-3H3. The van der Waals surface area contributed by atoms with Gasteiger partial charge in [-0.1, -0.05) is 24.3 Å². The SMILES string of the molecule is Cc1ccc2c(-c3cc(C)cc4c3oc3cccc(C)c34)ncnc2c1. The Morgan fingerprint density at radius 2 is 1.69 bits per heavy atom. The molecule has 5 aromatic rings. The molecule has 5 rings (SSSR count). The van der Waals surface area contributed by atoms with Gasteiger partial charge in [0.25, 0.3) is 0 Å². The molecule has 0 N–H and O–H groups in total. The van der Waals surface area contributed by atoms with Gasteiger partial charge in [-0.15, -0.1) is 0 Å². The van der Waals surface area contributed by atoms with Crippen molar-refractivity contribution >= 4 is 32.8 Å². The number of benzene rings is 3. The van der Waals surface area contributed by atoms with E-state index in [0.29, 0.717) is 0 Å². The lowest BCUT2D eigenvalue weighted by Gasteiger charge is -2.08. The molecule has 0 atom stereocenters. The molecule has 2 aromatic heterocycles. The third kappa shape index (κ3) is 2.14. The number of fused-ring (bicyclic) bond motifs is 4. The van der Waals surface area contributed by atoms with Gasteiger partial charge in [0.15, 0.2) is 0 Å². The number of aromatic nitrogens is 2. The molecule has 0 bridgehead atoms. The summed E-state index contributed by atoms with van der Waals surface area (Å²) in [5.74, 6) is 0. The molecular weight excluding hydrogens is 320 g/mol. The second-order valence-corrected chi connectivity index (χ2v) is 6.98. The Bertz CT molecular complexity index is 1310. The lowest BCUT2D eigenvalue weighted by Crippen LogP contribution is -1.91. The van der Waals surface area contributed by atoms with E-state index in [-0.39, 0.29) is 0 Å². The average Bonchev–Trinajstić information content (AvgIpc) is 3.00. The van der Waals surface area contributed by atoms with Gasteiger partial charge in [0.05, 0.1) is 11.2 Å². The Labute approximate surface area is 151 Å². The average molecular weight is 338 g/mol. The van der Waals surface area contributed by atoms with Crippen LogP contribution in [0.5, 0.6) is 0 Å². The van der Waals surface area contributed by atoms with Crippen molar-refractivity contribution in [3.05, 3.63) is 71.5 Å². The minimum absolute atomic E-state index is 0.889. The van der Waals surface area contributed by atoms with Crippen LogP contribution in [0.4, 0.5) is 0 Å². The van der Waals surface area contributed by atoms with Gasteiger partial charge in [-0.25, -0.2) is 9.97 Å². The maximum atomic E-state index is 6.29. The monoisotopic (exact) mass is 338 g/mol. The molecule has 126 valence electrons. The van der Waals surface area contributed by atoms with E-state index < -0.39 is 0 Å². The van der Waals surface area contributed by atoms with E-state index in [9.17, 15) is 0 Å². The van der Waals surface area contributed by atoms with Crippen molar-refractivity contribution in [2.45, 2.75) is 20.8 Å². The molecule has 26 heavy (non-hydrogen) atoms. The molecule has 0 saturated heterocycles. The van der Waals surface area contributed by atoms with Crippen LogP contribution < -0.4 is 0 Å². The normalized spacial score (nSPS) is 11.7. The highest BCUT2D eigenvalue weighted by Gasteiger charge is 2.17. The smallest absolute Gasteiger partial charge is 0.144 e. The Morgan fingerprint density at radius 1 is 0.808 bits per heavy atom. The highest BCUT2D eigenvalue weighted by Crippen LogP contribution is 2.39. The zero-order valence-electron chi connectivity index (χ0n) is 15.0. The summed E-state index contributed by atoms with van der Waals surface area (Å²) in [6.45, 7) is 6.32. The predicted molar refractivity (Wildman–Crippen MR) is 106 cm³/mol. The molecule has 0 unspecified atom stereocenters. The van der Waals surface area contributed by atoms with Crippen LogP contribution in [0.25, 0.3) is 44.1 Å². The largest absolute Gasteiger partial charge is 0.455 e. The maximum absolute atomic E-state index is 6.29. The van der Waals surface area contributed by atoms with Crippen molar-refractivity contribution in [2.24, 2.45) is 0 Å². The Balaban J connectivity index is 1.94. The summed E-state index contributed by atoms with van der Waals surface area (Å²) in [6, 6.07) is 16.8. The van der Waals surface area contributed by atoms with E-state index >= 15 is 0 Å². The maximum Gasteiger partial charge on any atom is 0.144 e. The summed E-state index contributed by atoms with van der Waals surface area (Å²) in [5, 5.41) is 3.37. The van der Waals surface area contributed by atoms with Crippen LogP contribution in [-0.2, 0) is 0 Å². The van der Waals surface area contributed by atoms with E-state index in [1.807, 2.05) is 12.1 Å². The number of nitrogens with zero attached hydrogens (tertiary/aromatic N) is 2. The molecular formula is C23H18N2O. The molecule has 3 nitrogen and oxygen atoms in total. The zero-order chi connectivity index (χ0) is 17.8. The summed E-state index contributed by atoms with van der Waals surface area (Å²) in [4.78, 5) is 9.07. The summed E-state index contributed by atoms with van der Waals surface area (Å²) in [5.41, 5.74) is 8.31. The summed E-state index contributed by atoms with van der Waals surface area (Å²) >= 11 is 0. The molecule has 0 aliphatic heterocycles. The first-order valence-corrected chi connectivity index (χ1v) is 8.76. The first-order valence-electron chi connectivity index (χ1n) is 8.76. The van der Waals surface area contributed by atoms with Crippen LogP contribution in [0.1, 0.15) is 16.7 Å². The Morgan fingerprint density at radius 3 is 2.58 bits per heavy atom. The molecule has 0 aliphatic carbocycles. The van der Waals surface area contributed by atoms with Crippen molar-refractivity contribution in [2.75, 3.05) is 0 Å². The quantitative estimate of drug-likeness (QED) is 0.369. The molecule has 0 spiro atoms. The topological polar surface area (TPSA) is 38.9 Å². The van der Waals surface area contributed by atoms with E-state index in [1.165, 1.54) is 22.1 Å². The van der Waals surface area contributed by atoms with Gasteiger partial charge in [-0.05, 0) is 61.7 Å². The third-order valence-corrected chi connectivity index (χ3v) is 5.00. The second kappa shape index (κ2) is 5.40. The third-order valence-electron chi connectivity index (χ3n) is 5.00. The Kier molecular flexibility index (Phi) is 3.13. The molecule has 0 amide bonds. The van der Waals surface area contributed by atoms with Gasteiger partial charge in [-0.2, -0.15) is 0 Å². The fraction of sp³-hybridized carbons (Fsp3) is 0.130. The van der Waals surface area contributed by atoms with Crippen LogP contribution in [0.15, 0.2) is 59.3 Å². The van der Waals surface area contributed by atoms with Crippen LogP contribution >= 0.6 is 0 Å². The van der Waals surface area contributed by atoms with Gasteiger partial charge >= 0.3 is 0 Å². The van der Waals surface area contributed by atoms with E-state index in [1.54, 1.807) is 6.33 Å². The van der Waals surface area contributed by atoms with Crippen molar-refractivity contribution < 1.29 is 4.42 Å². The summed E-state index contributed by atoms with van der Waals surface area (Å²) in [7, 11) is 0. The van der Waals surface area contributed by atoms with Gasteiger partial charge < -0.3 is 4.42 Å². The Hall–Kier alpha value is -3.20. The summed E-state index contributed by atoms with van der Waals surface area (Å²) in [6.07, 6.45) is 1.64. The number of hydrogen-bond acceptors (Lipinski definition) is 3. The van der Waals surface area contributed by atoms with Crippen LogP contribution in [-0.4, -0.2) is 9.97 Å². The number of rotatable bonds is 1. The van der Waals surface area contributed by atoms with Gasteiger partial charge in [0.1, 0.15) is 17.5 Å². The molecule has 0 aliphatic rings. The van der Waals surface area contributed by atoms with Crippen molar-refractivity contribution in [3.8, 4) is 11.3 Å².